The van der Waals surface area contributed by atoms with Crippen LogP contribution in [0.1, 0.15) is 17.3 Å². The molecule has 0 aliphatic heterocycles. The maximum atomic E-state index is 13.2. The monoisotopic (exact) mass is 478 g/mol. The van der Waals surface area contributed by atoms with E-state index in [1.54, 1.807) is 20.2 Å². The maximum absolute atomic E-state index is 13.2. The highest BCUT2D eigenvalue weighted by atomic mass is 35.5. The summed E-state index contributed by atoms with van der Waals surface area (Å²) in [5, 5.41) is 8.02. The Bertz CT molecular complexity index is 854. The number of benzene rings is 1. The van der Waals surface area contributed by atoms with Crippen molar-refractivity contribution in [2.45, 2.75) is 18.3 Å². The van der Waals surface area contributed by atoms with E-state index in [1.807, 2.05) is 0 Å². The number of nitrogens with zero attached hydrogens (tertiary/aromatic N) is 1. The van der Waals surface area contributed by atoms with Gasteiger partial charge in [0.1, 0.15) is 30.2 Å². The maximum Gasteiger partial charge on any atom is 0.433 e. The summed E-state index contributed by atoms with van der Waals surface area (Å²) in [6.07, 6.45) is -2.17. The molecule has 7 nitrogen and oxygen atoms in total. The summed E-state index contributed by atoms with van der Waals surface area (Å²) in [4.78, 5) is 23.0. The summed E-state index contributed by atoms with van der Waals surface area (Å²) in [6.45, 7) is 0.467. The third kappa shape index (κ3) is 9.16. The average Bonchev–Trinajstić information content (AvgIpc) is 2.77. The Morgan fingerprint density at radius 1 is 1.16 bits per heavy atom. The molecule has 0 fully saturated rings. The van der Waals surface area contributed by atoms with Gasteiger partial charge in [0.15, 0.2) is 0 Å². The van der Waals surface area contributed by atoms with Gasteiger partial charge in [-0.05, 0) is 43.9 Å². The molecule has 2 rings (SSSR count). The number of pyridine rings is 1. The van der Waals surface area contributed by atoms with Crippen molar-refractivity contribution < 1.29 is 31.9 Å². The largest absolute Gasteiger partial charge is 0.490 e. The molecule has 0 bridgehead atoms. The Morgan fingerprint density at radius 2 is 1.88 bits per heavy atom. The number of aldehydes is 1. The number of likely N-dealkylation sites (N-methyl/N-ethyl adjacent to an activating group) is 2. The van der Waals surface area contributed by atoms with Crippen molar-refractivity contribution in [3.8, 4) is 5.75 Å². The second-order valence-corrected chi connectivity index (χ2v) is 6.67. The second kappa shape index (κ2) is 13.6. The predicted molar refractivity (Wildman–Crippen MR) is 111 cm³/mol. The van der Waals surface area contributed by atoms with E-state index in [-0.39, 0.29) is 29.5 Å². The van der Waals surface area contributed by atoms with Crippen LogP contribution in [0.25, 0.3) is 0 Å². The Labute approximate surface area is 187 Å². The third-order valence-corrected chi connectivity index (χ3v) is 4.38. The van der Waals surface area contributed by atoms with Gasteiger partial charge in [0, 0.05) is 6.54 Å². The molecule has 0 spiro atoms. The molecule has 3 N–H and O–H groups in total. The van der Waals surface area contributed by atoms with Crippen molar-refractivity contribution in [3.63, 3.8) is 0 Å². The van der Waals surface area contributed by atoms with Gasteiger partial charge in [-0.3, -0.25) is 4.79 Å². The lowest BCUT2D eigenvalue weighted by molar-refractivity contribution is -0.141. The molecule has 1 aromatic heterocycles. The van der Waals surface area contributed by atoms with Crippen LogP contribution >= 0.6 is 11.6 Å². The number of alkyl halides is 3. The van der Waals surface area contributed by atoms with Crippen molar-refractivity contribution in [3.05, 3.63) is 58.6 Å². The van der Waals surface area contributed by atoms with Gasteiger partial charge in [-0.2, -0.15) is 13.2 Å². The number of amides is 1. The lowest BCUT2D eigenvalue weighted by Crippen LogP contribution is -2.37. The number of rotatable bonds is 10. The van der Waals surface area contributed by atoms with E-state index in [4.69, 9.17) is 16.3 Å². The summed E-state index contributed by atoms with van der Waals surface area (Å²) in [5.74, 6) is -0.329. The van der Waals surface area contributed by atoms with Crippen LogP contribution in [0.2, 0.25) is 5.02 Å². The summed E-state index contributed by atoms with van der Waals surface area (Å²) in [6, 6.07) is 5.72. The molecule has 2 unspecified atom stereocenters. The fraction of sp³-hybridized carbons (Fsp3) is 0.350. The molecule has 32 heavy (non-hydrogen) atoms. The molecule has 176 valence electrons. The number of nitrogens with one attached hydrogen (secondary N) is 3. The molecule has 0 saturated heterocycles. The van der Waals surface area contributed by atoms with E-state index in [1.165, 1.54) is 18.2 Å². The van der Waals surface area contributed by atoms with Gasteiger partial charge < -0.3 is 25.5 Å². The first-order valence-corrected chi connectivity index (χ1v) is 9.61. The zero-order valence-electron chi connectivity index (χ0n) is 17.2. The molecule has 0 saturated carbocycles. The smallest absolute Gasteiger partial charge is 0.433 e. The highest BCUT2D eigenvalue weighted by Crippen LogP contribution is 2.28. The van der Waals surface area contributed by atoms with E-state index < -0.39 is 17.7 Å². The quantitative estimate of drug-likeness (QED) is 0.359. The second-order valence-electron chi connectivity index (χ2n) is 6.26. The van der Waals surface area contributed by atoms with Gasteiger partial charge in [-0.15, -0.1) is 0 Å². The normalized spacial score (nSPS) is 12.7. The molecule has 1 aromatic carbocycles. The lowest BCUT2D eigenvalue weighted by atomic mass is 10.1. The SMILES string of the molecule is CNC(C=O)CNC=O.CNC(COc1ccc(C(F)(F)F)nc1)c1ccc(F)c(Cl)c1. The van der Waals surface area contributed by atoms with Crippen molar-refractivity contribution >= 4 is 24.3 Å². The molecule has 12 heteroatoms. The van der Waals surface area contributed by atoms with Gasteiger partial charge in [0.05, 0.1) is 23.3 Å². The fourth-order valence-corrected chi connectivity index (χ4v) is 2.47. The van der Waals surface area contributed by atoms with E-state index in [0.29, 0.717) is 18.5 Å². The van der Waals surface area contributed by atoms with Crippen molar-refractivity contribution in [2.75, 3.05) is 27.2 Å². The van der Waals surface area contributed by atoms with Crippen LogP contribution in [0.5, 0.6) is 5.75 Å². The summed E-state index contributed by atoms with van der Waals surface area (Å²) in [7, 11) is 3.34. The molecule has 0 radical (unpaired) electrons. The number of carbonyl (C=O) groups is 2. The first-order valence-electron chi connectivity index (χ1n) is 9.24. The Morgan fingerprint density at radius 3 is 2.34 bits per heavy atom. The van der Waals surface area contributed by atoms with Gasteiger partial charge >= 0.3 is 6.18 Å². The highest BCUT2D eigenvalue weighted by Gasteiger charge is 2.32. The predicted octanol–water partition coefficient (Wildman–Crippen LogP) is 2.75. The number of hydrogen-bond acceptors (Lipinski definition) is 6. The van der Waals surface area contributed by atoms with Gasteiger partial charge in [0.2, 0.25) is 6.41 Å². The Hall–Kier alpha value is -2.76. The van der Waals surface area contributed by atoms with Gasteiger partial charge in [-0.25, -0.2) is 9.37 Å². The third-order valence-electron chi connectivity index (χ3n) is 4.09. The minimum atomic E-state index is -4.49. The Kier molecular flexibility index (Phi) is 11.6. The molecule has 2 aromatic rings. The van der Waals surface area contributed by atoms with E-state index in [9.17, 15) is 27.2 Å². The summed E-state index contributed by atoms with van der Waals surface area (Å²) in [5.41, 5.74) is -0.292. The van der Waals surface area contributed by atoms with Crippen LogP contribution in [-0.4, -0.2) is 51.0 Å². The van der Waals surface area contributed by atoms with Crippen LogP contribution in [0.15, 0.2) is 36.5 Å². The average molecular weight is 479 g/mol. The number of aromatic nitrogens is 1. The standard InChI is InChI=1S/C15H13ClF4N2O.C5H10N2O2/c1-21-13(9-2-4-12(17)11(16)6-9)8-23-10-3-5-14(22-7-10)15(18,19)20;1-6-5(3-8)2-7-4-9/h2-7,13,21H,8H2,1H3;3-6H,2H2,1H3,(H,7,9). The zero-order chi connectivity index (χ0) is 24.1. The molecule has 2 atom stereocenters. The first kappa shape index (κ1) is 27.3. The number of carbonyl (C=O) groups excluding carboxylic acids is 2. The number of ether oxygens (including phenoxy) is 1. The van der Waals surface area contributed by atoms with Crippen LogP contribution in [0.4, 0.5) is 17.6 Å². The number of halogens is 5. The number of hydrogen-bond donors (Lipinski definition) is 3. The van der Waals surface area contributed by atoms with Crippen molar-refractivity contribution in [1.29, 1.82) is 0 Å². The zero-order valence-corrected chi connectivity index (χ0v) is 18.0. The van der Waals surface area contributed by atoms with Crippen LogP contribution in [-0.2, 0) is 15.8 Å². The first-order chi connectivity index (χ1) is 15.2. The van der Waals surface area contributed by atoms with Crippen molar-refractivity contribution in [1.82, 2.24) is 20.9 Å². The van der Waals surface area contributed by atoms with Crippen LogP contribution < -0.4 is 20.7 Å². The van der Waals surface area contributed by atoms with Crippen molar-refractivity contribution in [2.24, 2.45) is 0 Å². The molecule has 1 amide bonds. The molecule has 0 aliphatic rings. The van der Waals surface area contributed by atoms with E-state index in [2.05, 4.69) is 20.9 Å². The van der Waals surface area contributed by atoms with E-state index >= 15 is 0 Å². The fourth-order valence-electron chi connectivity index (χ4n) is 2.28. The molecule has 1 heterocycles. The van der Waals surface area contributed by atoms with Crippen LogP contribution in [0.3, 0.4) is 0 Å². The minimum absolute atomic E-state index is 0.0149. The Balaban J connectivity index is 0.000000482. The van der Waals surface area contributed by atoms with E-state index in [0.717, 1.165) is 18.5 Å². The topological polar surface area (TPSA) is 92.4 Å². The van der Waals surface area contributed by atoms with Gasteiger partial charge in [0.25, 0.3) is 0 Å². The van der Waals surface area contributed by atoms with Crippen LogP contribution in [0, 0.1) is 5.82 Å². The minimum Gasteiger partial charge on any atom is -0.490 e. The molecular weight excluding hydrogens is 456 g/mol. The summed E-state index contributed by atoms with van der Waals surface area (Å²) < 4.78 is 55.9. The lowest BCUT2D eigenvalue weighted by Gasteiger charge is -2.18. The molecular formula is C20H23ClF4N4O3. The summed E-state index contributed by atoms with van der Waals surface area (Å²) >= 11 is 5.73. The molecule has 0 aliphatic carbocycles. The van der Waals surface area contributed by atoms with Gasteiger partial charge in [-0.1, -0.05) is 17.7 Å². The highest BCUT2D eigenvalue weighted by molar-refractivity contribution is 6.30.